The summed E-state index contributed by atoms with van der Waals surface area (Å²) in [5.74, 6) is 1.41. The molecule has 96 valence electrons. The van der Waals surface area contributed by atoms with Crippen LogP contribution in [0.1, 0.15) is 12.8 Å². The molecule has 0 N–H and O–H groups in total. The van der Waals surface area contributed by atoms with Gasteiger partial charge in [0.2, 0.25) is 0 Å². The van der Waals surface area contributed by atoms with Gasteiger partial charge in [0.05, 0.1) is 0 Å². The topological polar surface area (TPSA) is 18.5 Å². The molecule has 2 aliphatic rings. The van der Waals surface area contributed by atoms with Crippen molar-refractivity contribution >= 4 is 13.7 Å². The molecular weight excluding hydrogens is 240 g/mol. The summed E-state index contributed by atoms with van der Waals surface area (Å²) < 4.78 is 12.0. The van der Waals surface area contributed by atoms with Crippen LogP contribution in [0, 0.1) is 11.8 Å². The number of allylic oxidation sites excluding steroid dienone is 2. The van der Waals surface area contributed by atoms with Crippen LogP contribution >= 0.6 is 0 Å². The number of rotatable bonds is 4. The Hall–Kier alpha value is -0.903. The van der Waals surface area contributed by atoms with Gasteiger partial charge in [-0.05, 0) is 29.9 Å². The highest BCUT2D eigenvalue weighted by molar-refractivity contribution is 6.82. The molecule has 2 nitrogen and oxygen atoms in total. The standard InChI is InChI=1S/C15H20O2Si/c1-16-18(17-2,14-6-4-3-5-7-14)15-11-12-8-9-13(15)10-12/h3-9,12-13,15H,10-11H2,1-2H3/t12-,13+,15+/m0/s1. The zero-order valence-electron chi connectivity index (χ0n) is 11.0. The van der Waals surface area contributed by atoms with Gasteiger partial charge in [-0.15, -0.1) is 0 Å². The maximum absolute atomic E-state index is 5.99. The number of benzene rings is 1. The Kier molecular flexibility index (Phi) is 3.14. The lowest BCUT2D eigenvalue weighted by atomic mass is 10.1. The van der Waals surface area contributed by atoms with E-state index in [1.165, 1.54) is 18.0 Å². The molecule has 0 spiro atoms. The molecule has 1 aromatic rings. The summed E-state index contributed by atoms with van der Waals surface area (Å²) in [7, 11) is 1.34. The van der Waals surface area contributed by atoms with Gasteiger partial charge < -0.3 is 8.85 Å². The van der Waals surface area contributed by atoms with Crippen molar-refractivity contribution in [3.8, 4) is 0 Å². The Labute approximate surface area is 110 Å². The van der Waals surface area contributed by atoms with E-state index in [-0.39, 0.29) is 0 Å². The molecule has 3 heteroatoms. The lowest BCUT2D eigenvalue weighted by molar-refractivity contribution is 0.238. The van der Waals surface area contributed by atoms with E-state index < -0.39 is 8.56 Å². The summed E-state index contributed by atoms with van der Waals surface area (Å²) in [6, 6.07) is 10.5. The van der Waals surface area contributed by atoms with Crippen LogP contribution in [0.5, 0.6) is 0 Å². The largest absolute Gasteiger partial charge is 0.394 e. The summed E-state index contributed by atoms with van der Waals surface area (Å²) in [6.07, 6.45) is 7.27. The summed E-state index contributed by atoms with van der Waals surface area (Å²) in [4.78, 5) is 0. The molecule has 1 aromatic carbocycles. The Morgan fingerprint density at radius 1 is 1.00 bits per heavy atom. The Bertz CT molecular complexity index is 439. The van der Waals surface area contributed by atoms with Gasteiger partial charge in [-0.25, -0.2) is 0 Å². The van der Waals surface area contributed by atoms with Crippen LogP contribution in [-0.2, 0) is 8.85 Å². The van der Waals surface area contributed by atoms with Crippen molar-refractivity contribution in [2.75, 3.05) is 14.2 Å². The van der Waals surface area contributed by atoms with Crippen molar-refractivity contribution in [2.45, 2.75) is 18.4 Å². The number of fused-ring (bicyclic) bond motifs is 2. The second kappa shape index (κ2) is 4.65. The van der Waals surface area contributed by atoms with Crippen LogP contribution in [0.25, 0.3) is 0 Å². The average molecular weight is 260 g/mol. The van der Waals surface area contributed by atoms with E-state index in [1.54, 1.807) is 0 Å². The van der Waals surface area contributed by atoms with Gasteiger partial charge in [0, 0.05) is 19.8 Å². The second-order valence-corrected chi connectivity index (χ2v) is 8.80. The molecule has 2 bridgehead atoms. The van der Waals surface area contributed by atoms with E-state index in [0.717, 1.165) is 5.92 Å². The molecule has 1 saturated carbocycles. The molecule has 2 aliphatic carbocycles. The second-order valence-electron chi connectivity index (χ2n) is 5.33. The van der Waals surface area contributed by atoms with Crippen LogP contribution in [0.3, 0.4) is 0 Å². The van der Waals surface area contributed by atoms with Crippen molar-refractivity contribution < 1.29 is 8.85 Å². The first kappa shape index (κ1) is 12.1. The highest BCUT2D eigenvalue weighted by atomic mass is 28.4. The first-order valence-electron chi connectivity index (χ1n) is 6.64. The Morgan fingerprint density at radius 3 is 2.22 bits per heavy atom. The molecule has 0 aliphatic heterocycles. The maximum atomic E-state index is 5.99. The first-order chi connectivity index (χ1) is 8.80. The van der Waals surface area contributed by atoms with Crippen LogP contribution in [-0.4, -0.2) is 22.8 Å². The van der Waals surface area contributed by atoms with E-state index >= 15 is 0 Å². The molecule has 3 rings (SSSR count). The third kappa shape index (κ3) is 1.69. The number of hydrogen-bond donors (Lipinski definition) is 0. The summed E-state index contributed by atoms with van der Waals surface area (Å²) in [5.41, 5.74) is 0.560. The Morgan fingerprint density at radius 2 is 1.72 bits per heavy atom. The molecule has 0 unspecified atom stereocenters. The first-order valence-corrected chi connectivity index (χ1v) is 8.53. The SMILES string of the molecule is CO[Si](OC)(c1ccccc1)[C@@H]1C[C@H]2C=C[C@@H]1C2. The quantitative estimate of drug-likeness (QED) is 0.612. The fraction of sp³-hybridized carbons (Fsp3) is 0.467. The smallest absolute Gasteiger partial charge is 0.375 e. The predicted octanol–water partition coefficient (Wildman–Crippen LogP) is 2.59. The van der Waals surface area contributed by atoms with E-state index in [4.69, 9.17) is 8.85 Å². The molecule has 0 heterocycles. The lowest BCUT2D eigenvalue weighted by Gasteiger charge is -2.36. The molecule has 18 heavy (non-hydrogen) atoms. The van der Waals surface area contributed by atoms with Crippen molar-refractivity contribution in [1.29, 1.82) is 0 Å². The molecule has 0 radical (unpaired) electrons. The van der Waals surface area contributed by atoms with Gasteiger partial charge >= 0.3 is 8.56 Å². The third-order valence-electron chi connectivity index (χ3n) is 4.55. The minimum Gasteiger partial charge on any atom is -0.394 e. The summed E-state index contributed by atoms with van der Waals surface area (Å²) in [6.45, 7) is 0. The maximum Gasteiger partial charge on any atom is 0.375 e. The van der Waals surface area contributed by atoms with Crippen LogP contribution < -0.4 is 5.19 Å². The lowest BCUT2D eigenvalue weighted by Crippen LogP contribution is -2.57. The minimum atomic E-state index is -2.29. The van der Waals surface area contributed by atoms with Crippen LogP contribution in [0.4, 0.5) is 0 Å². The fourth-order valence-corrected chi connectivity index (χ4v) is 7.48. The number of hydrogen-bond acceptors (Lipinski definition) is 2. The monoisotopic (exact) mass is 260 g/mol. The predicted molar refractivity (Wildman–Crippen MR) is 75.0 cm³/mol. The molecule has 3 atom stereocenters. The van der Waals surface area contributed by atoms with Gasteiger partial charge in [-0.3, -0.25) is 0 Å². The molecule has 0 amide bonds. The van der Waals surface area contributed by atoms with Crippen LogP contribution in [0.15, 0.2) is 42.5 Å². The molecule has 0 saturated heterocycles. The van der Waals surface area contributed by atoms with Gasteiger partial charge in [-0.2, -0.15) is 0 Å². The van der Waals surface area contributed by atoms with E-state index in [1.807, 2.05) is 14.2 Å². The summed E-state index contributed by atoms with van der Waals surface area (Å²) >= 11 is 0. The molecular formula is C15H20O2Si. The zero-order chi connectivity index (χ0) is 12.6. The minimum absolute atomic E-state index is 0.560. The molecule has 1 fully saturated rings. The van der Waals surface area contributed by atoms with Gasteiger partial charge in [0.15, 0.2) is 0 Å². The van der Waals surface area contributed by atoms with E-state index in [0.29, 0.717) is 11.5 Å². The van der Waals surface area contributed by atoms with Gasteiger partial charge in [-0.1, -0.05) is 42.5 Å². The van der Waals surface area contributed by atoms with Gasteiger partial charge in [0.1, 0.15) is 0 Å². The van der Waals surface area contributed by atoms with Crippen molar-refractivity contribution in [3.63, 3.8) is 0 Å². The van der Waals surface area contributed by atoms with Crippen molar-refractivity contribution in [1.82, 2.24) is 0 Å². The highest BCUT2D eigenvalue weighted by Gasteiger charge is 2.54. The van der Waals surface area contributed by atoms with Crippen LogP contribution in [0.2, 0.25) is 5.54 Å². The highest BCUT2D eigenvalue weighted by Crippen LogP contribution is 2.51. The zero-order valence-corrected chi connectivity index (χ0v) is 12.0. The third-order valence-corrected chi connectivity index (χ3v) is 8.54. The Balaban J connectivity index is 1.99. The van der Waals surface area contributed by atoms with Crippen molar-refractivity contribution in [3.05, 3.63) is 42.5 Å². The van der Waals surface area contributed by atoms with Crippen molar-refractivity contribution in [2.24, 2.45) is 11.8 Å². The van der Waals surface area contributed by atoms with E-state index in [2.05, 4.69) is 42.5 Å². The molecule has 0 aromatic heterocycles. The average Bonchev–Trinajstić information content (AvgIpc) is 3.05. The van der Waals surface area contributed by atoms with E-state index in [9.17, 15) is 0 Å². The fourth-order valence-electron chi connectivity index (χ4n) is 3.72. The summed E-state index contributed by atoms with van der Waals surface area (Å²) in [5, 5.41) is 1.26. The normalized spacial score (nSPS) is 30.0. The van der Waals surface area contributed by atoms with Gasteiger partial charge in [0.25, 0.3) is 0 Å².